The summed E-state index contributed by atoms with van der Waals surface area (Å²) in [5, 5.41) is 4.55. The predicted molar refractivity (Wildman–Crippen MR) is 116 cm³/mol. The highest BCUT2D eigenvalue weighted by Crippen LogP contribution is 2.36. The highest BCUT2D eigenvalue weighted by atomic mass is 16.5. The molecular formula is C24H21NO6. The van der Waals surface area contributed by atoms with Crippen molar-refractivity contribution < 1.29 is 28.2 Å². The molecule has 0 atom stereocenters. The Morgan fingerprint density at radius 2 is 1.71 bits per heavy atom. The number of fused-ring (bicyclic) bond motifs is 3. The van der Waals surface area contributed by atoms with Crippen molar-refractivity contribution in [2.45, 2.75) is 6.61 Å². The van der Waals surface area contributed by atoms with Gasteiger partial charge in [0.05, 0.1) is 25.0 Å². The predicted octanol–water partition coefficient (Wildman–Crippen LogP) is 4.54. The topological polar surface area (TPSA) is 87.0 Å². The van der Waals surface area contributed by atoms with E-state index < -0.39 is 18.5 Å². The normalized spacial score (nSPS) is 10.9. The van der Waals surface area contributed by atoms with Gasteiger partial charge >= 0.3 is 5.97 Å². The van der Waals surface area contributed by atoms with Crippen LogP contribution in [0.4, 0.5) is 5.69 Å². The molecule has 7 nitrogen and oxygen atoms in total. The summed E-state index contributed by atoms with van der Waals surface area (Å²) in [7, 11) is 3.12. The standard InChI is InChI=1S/C24H21NO6/c1-28-13-15-7-9-16(10-8-15)24(27)30-14-23(26)25-19-12-21-18(11-22(19)29-2)17-5-3-4-6-20(17)31-21/h3-12H,13-14H2,1-2H3,(H,25,26). The van der Waals surface area contributed by atoms with Crippen LogP contribution in [0.5, 0.6) is 5.75 Å². The Bertz CT molecular complexity index is 1240. The van der Waals surface area contributed by atoms with E-state index in [9.17, 15) is 9.59 Å². The lowest BCUT2D eigenvalue weighted by Crippen LogP contribution is -2.21. The fourth-order valence-electron chi connectivity index (χ4n) is 3.32. The van der Waals surface area contributed by atoms with Gasteiger partial charge in [-0.15, -0.1) is 0 Å². The zero-order chi connectivity index (χ0) is 21.8. The first-order valence-corrected chi connectivity index (χ1v) is 9.63. The second-order valence-electron chi connectivity index (χ2n) is 6.90. The zero-order valence-electron chi connectivity index (χ0n) is 17.1. The summed E-state index contributed by atoms with van der Waals surface area (Å²) in [5.41, 5.74) is 3.08. The van der Waals surface area contributed by atoms with E-state index in [4.69, 9.17) is 18.6 Å². The quantitative estimate of drug-likeness (QED) is 0.443. The molecule has 0 fully saturated rings. The molecule has 0 unspecified atom stereocenters. The summed E-state index contributed by atoms with van der Waals surface area (Å²) in [6.45, 7) is 0.0229. The Labute approximate surface area is 178 Å². The van der Waals surface area contributed by atoms with Crippen molar-refractivity contribution in [3.05, 3.63) is 71.8 Å². The van der Waals surface area contributed by atoms with E-state index in [2.05, 4.69) is 5.32 Å². The minimum Gasteiger partial charge on any atom is -0.495 e. The number of rotatable bonds is 7. The van der Waals surface area contributed by atoms with E-state index in [1.54, 1.807) is 37.4 Å². The van der Waals surface area contributed by atoms with Crippen molar-refractivity contribution in [3.8, 4) is 5.75 Å². The monoisotopic (exact) mass is 419 g/mol. The molecule has 1 aromatic heterocycles. The summed E-state index contributed by atoms with van der Waals surface area (Å²) in [6, 6.07) is 18.0. The molecule has 0 radical (unpaired) electrons. The zero-order valence-corrected chi connectivity index (χ0v) is 17.1. The smallest absolute Gasteiger partial charge is 0.338 e. The van der Waals surface area contributed by atoms with Crippen molar-refractivity contribution in [2.24, 2.45) is 0 Å². The molecule has 0 aliphatic heterocycles. The van der Waals surface area contributed by atoms with E-state index in [0.717, 1.165) is 21.9 Å². The van der Waals surface area contributed by atoms with Crippen molar-refractivity contribution in [3.63, 3.8) is 0 Å². The molecule has 4 aromatic rings. The van der Waals surface area contributed by atoms with Gasteiger partial charge in [-0.25, -0.2) is 4.79 Å². The summed E-state index contributed by atoms with van der Waals surface area (Å²) in [6.07, 6.45) is 0. The number of hydrogen-bond donors (Lipinski definition) is 1. The van der Waals surface area contributed by atoms with Gasteiger partial charge in [0.1, 0.15) is 16.9 Å². The van der Waals surface area contributed by atoms with Crippen molar-refractivity contribution >= 4 is 39.5 Å². The van der Waals surface area contributed by atoms with Gasteiger partial charge in [0.25, 0.3) is 5.91 Å². The van der Waals surface area contributed by atoms with Gasteiger partial charge in [0.15, 0.2) is 6.61 Å². The number of nitrogens with one attached hydrogen (secondary N) is 1. The molecule has 0 saturated carbocycles. The van der Waals surface area contributed by atoms with E-state index in [1.807, 2.05) is 30.3 Å². The van der Waals surface area contributed by atoms with Gasteiger partial charge in [-0.1, -0.05) is 30.3 Å². The van der Waals surface area contributed by atoms with Gasteiger partial charge in [0, 0.05) is 23.9 Å². The number of benzene rings is 3. The van der Waals surface area contributed by atoms with Crippen LogP contribution in [0, 0.1) is 0 Å². The fourth-order valence-corrected chi connectivity index (χ4v) is 3.32. The minimum atomic E-state index is -0.584. The Kier molecular flexibility index (Phi) is 5.86. The van der Waals surface area contributed by atoms with Crippen LogP contribution >= 0.6 is 0 Å². The third-order valence-electron chi connectivity index (χ3n) is 4.81. The largest absolute Gasteiger partial charge is 0.495 e. The molecule has 4 rings (SSSR count). The SMILES string of the molecule is COCc1ccc(C(=O)OCC(=O)Nc2cc3oc4ccccc4c3cc2OC)cc1. The number of carbonyl (C=O) groups is 2. The molecule has 1 N–H and O–H groups in total. The Balaban J connectivity index is 1.45. The lowest BCUT2D eigenvalue weighted by molar-refractivity contribution is -0.119. The number of hydrogen-bond acceptors (Lipinski definition) is 6. The Morgan fingerprint density at radius 1 is 0.935 bits per heavy atom. The first kappa shape index (κ1) is 20.4. The van der Waals surface area contributed by atoms with Crippen LogP contribution in [0.2, 0.25) is 0 Å². The molecule has 0 aliphatic rings. The number of ether oxygens (including phenoxy) is 3. The number of amides is 1. The highest BCUT2D eigenvalue weighted by Gasteiger charge is 2.15. The lowest BCUT2D eigenvalue weighted by Gasteiger charge is -2.11. The number of esters is 1. The molecule has 0 aliphatic carbocycles. The van der Waals surface area contributed by atoms with Crippen LogP contribution in [-0.4, -0.2) is 32.7 Å². The molecule has 1 amide bonds. The average molecular weight is 419 g/mol. The summed E-state index contributed by atoms with van der Waals surface area (Å²) in [4.78, 5) is 24.6. The van der Waals surface area contributed by atoms with Gasteiger partial charge in [0.2, 0.25) is 0 Å². The molecule has 158 valence electrons. The molecule has 0 bridgehead atoms. The maximum atomic E-state index is 12.4. The van der Waals surface area contributed by atoms with Crippen LogP contribution < -0.4 is 10.1 Å². The minimum absolute atomic E-state index is 0.355. The Morgan fingerprint density at radius 3 is 2.45 bits per heavy atom. The molecule has 0 spiro atoms. The summed E-state index contributed by atoms with van der Waals surface area (Å²) < 4.78 is 21.4. The highest BCUT2D eigenvalue weighted by molar-refractivity contribution is 6.08. The van der Waals surface area contributed by atoms with E-state index in [1.165, 1.54) is 7.11 Å². The van der Waals surface area contributed by atoms with E-state index in [-0.39, 0.29) is 0 Å². The number of para-hydroxylation sites is 1. The molecule has 0 saturated heterocycles. The number of furan rings is 1. The first-order valence-electron chi connectivity index (χ1n) is 9.63. The summed E-state index contributed by atoms with van der Waals surface area (Å²) in [5.74, 6) is -0.593. The maximum absolute atomic E-state index is 12.4. The van der Waals surface area contributed by atoms with E-state index >= 15 is 0 Å². The van der Waals surface area contributed by atoms with Crippen LogP contribution in [0.3, 0.4) is 0 Å². The van der Waals surface area contributed by atoms with Gasteiger partial charge in [-0.2, -0.15) is 0 Å². The molecule has 31 heavy (non-hydrogen) atoms. The lowest BCUT2D eigenvalue weighted by atomic mass is 10.1. The second kappa shape index (κ2) is 8.89. The fraction of sp³-hybridized carbons (Fsp3) is 0.167. The van der Waals surface area contributed by atoms with Crippen LogP contribution in [-0.2, 0) is 20.9 Å². The van der Waals surface area contributed by atoms with Crippen molar-refractivity contribution in [1.29, 1.82) is 0 Å². The van der Waals surface area contributed by atoms with Crippen molar-refractivity contribution in [1.82, 2.24) is 0 Å². The van der Waals surface area contributed by atoms with E-state index in [0.29, 0.717) is 29.2 Å². The molecule has 1 heterocycles. The van der Waals surface area contributed by atoms with Gasteiger partial charge in [-0.05, 0) is 29.8 Å². The van der Waals surface area contributed by atoms with Crippen LogP contribution in [0.1, 0.15) is 15.9 Å². The number of methoxy groups -OCH3 is 2. The van der Waals surface area contributed by atoms with Gasteiger partial charge in [-0.3, -0.25) is 4.79 Å². The van der Waals surface area contributed by atoms with Gasteiger partial charge < -0.3 is 23.9 Å². The molecule has 7 heteroatoms. The number of carbonyl (C=O) groups excluding carboxylic acids is 2. The molecular weight excluding hydrogens is 398 g/mol. The average Bonchev–Trinajstić information content (AvgIpc) is 3.15. The van der Waals surface area contributed by atoms with Crippen molar-refractivity contribution in [2.75, 3.05) is 26.1 Å². The second-order valence-corrected chi connectivity index (χ2v) is 6.90. The van der Waals surface area contributed by atoms with Crippen LogP contribution in [0.25, 0.3) is 21.9 Å². The first-order chi connectivity index (χ1) is 15.1. The summed E-state index contributed by atoms with van der Waals surface area (Å²) >= 11 is 0. The third-order valence-corrected chi connectivity index (χ3v) is 4.81. The Hall–Kier alpha value is -3.84. The maximum Gasteiger partial charge on any atom is 0.338 e. The molecule has 3 aromatic carbocycles. The van der Waals surface area contributed by atoms with Crippen LogP contribution in [0.15, 0.2) is 65.1 Å². The third kappa shape index (κ3) is 4.36. The number of anilines is 1.